The topological polar surface area (TPSA) is 50.7 Å². The van der Waals surface area contributed by atoms with E-state index in [4.69, 9.17) is 0 Å². The van der Waals surface area contributed by atoms with Crippen molar-refractivity contribution in [3.8, 4) is 0 Å². The molecule has 0 heterocycles. The molecule has 3 nitrogen and oxygen atoms in total. The van der Waals surface area contributed by atoms with Gasteiger partial charge in [-0.1, -0.05) is 27.8 Å². The Hall–Kier alpha value is -0.130. The molecule has 0 aliphatic carbocycles. The van der Waals surface area contributed by atoms with Crippen molar-refractivity contribution < 1.29 is 0 Å². The van der Waals surface area contributed by atoms with Crippen molar-refractivity contribution >= 4 is 22.6 Å². The Bertz CT molecular complexity index is 57.2. The van der Waals surface area contributed by atoms with E-state index >= 15 is 0 Å². The molecular weight excluding hydrogens is 193 g/mol. The van der Waals surface area contributed by atoms with Crippen LogP contribution >= 0.6 is 22.6 Å². The van der Waals surface area contributed by atoms with E-state index in [0.29, 0.717) is 0 Å². The molecule has 6 heavy (non-hydrogen) atoms. The van der Waals surface area contributed by atoms with Crippen LogP contribution in [0.3, 0.4) is 0 Å². The summed E-state index contributed by atoms with van der Waals surface area (Å²) >= 11 is 2.02. The lowest BCUT2D eigenvalue weighted by molar-refractivity contribution is 1.06. The number of nitrogens with two attached hydrogens (primary N) is 1. The Kier molecular flexibility index (Phi) is 4.76. The second kappa shape index (κ2) is 4.87. The van der Waals surface area contributed by atoms with Crippen molar-refractivity contribution in [2.24, 2.45) is 16.2 Å². The van der Waals surface area contributed by atoms with Gasteiger partial charge in [-0.3, -0.25) is 0 Å². The van der Waals surface area contributed by atoms with Crippen LogP contribution < -0.4 is 5.84 Å². The smallest absolute Gasteiger partial charge is 0.0573 e. The molecular formula is C2H4IN3. The van der Waals surface area contributed by atoms with E-state index < -0.39 is 0 Å². The van der Waals surface area contributed by atoms with E-state index in [1.807, 2.05) is 22.6 Å². The van der Waals surface area contributed by atoms with Crippen molar-refractivity contribution in [1.29, 1.82) is 0 Å². The van der Waals surface area contributed by atoms with E-state index in [1.165, 1.54) is 6.20 Å². The first kappa shape index (κ1) is 5.87. The zero-order valence-corrected chi connectivity index (χ0v) is 5.16. The average Bonchev–Trinajstić information content (AvgIpc) is 1.61. The standard InChI is InChI=1S/C2H4IN3/c3-1-2-5-6-4/h1-2H,(H2,4,5)/b2-1-. The largest absolute Gasteiger partial charge is 0.305 e. The van der Waals surface area contributed by atoms with Crippen molar-refractivity contribution in [2.45, 2.75) is 0 Å². The van der Waals surface area contributed by atoms with Crippen molar-refractivity contribution in [3.63, 3.8) is 0 Å². The summed E-state index contributed by atoms with van der Waals surface area (Å²) in [5, 5.41) is 6.26. The molecule has 0 aromatic carbocycles. The van der Waals surface area contributed by atoms with E-state index in [9.17, 15) is 0 Å². The molecule has 0 rings (SSSR count). The Morgan fingerprint density at radius 1 is 1.67 bits per heavy atom. The minimum absolute atomic E-state index is 1.50. The van der Waals surface area contributed by atoms with Gasteiger partial charge in [0.15, 0.2) is 0 Å². The lowest BCUT2D eigenvalue weighted by Crippen LogP contribution is -1.70. The minimum atomic E-state index is 1.50. The van der Waals surface area contributed by atoms with Crippen LogP contribution in [-0.2, 0) is 0 Å². The highest BCUT2D eigenvalue weighted by Crippen LogP contribution is 1.82. The van der Waals surface area contributed by atoms with Crippen LogP contribution in [0.5, 0.6) is 0 Å². The molecule has 0 saturated heterocycles. The Morgan fingerprint density at radius 2 is 2.33 bits per heavy atom. The number of rotatable bonds is 1. The van der Waals surface area contributed by atoms with Crippen LogP contribution in [0.25, 0.3) is 0 Å². The maximum absolute atomic E-state index is 4.62. The molecule has 0 aliphatic heterocycles. The molecule has 4 heteroatoms. The van der Waals surface area contributed by atoms with Gasteiger partial charge in [-0.25, -0.2) is 0 Å². The molecule has 0 aromatic rings. The van der Waals surface area contributed by atoms with E-state index in [-0.39, 0.29) is 0 Å². The quantitative estimate of drug-likeness (QED) is 0.292. The number of halogens is 1. The Labute approximate surface area is 49.4 Å². The predicted molar refractivity (Wildman–Crippen MR) is 32.2 cm³/mol. The third-order valence-electron chi connectivity index (χ3n) is 0.190. The summed E-state index contributed by atoms with van der Waals surface area (Å²) in [6.45, 7) is 0. The van der Waals surface area contributed by atoms with Crippen LogP contribution in [0.1, 0.15) is 0 Å². The number of nitrogens with zero attached hydrogens (tertiary/aromatic N) is 2. The second-order valence-electron chi connectivity index (χ2n) is 0.506. The summed E-state index contributed by atoms with van der Waals surface area (Å²) in [6, 6.07) is 0. The molecule has 0 saturated carbocycles. The van der Waals surface area contributed by atoms with Gasteiger partial charge >= 0.3 is 0 Å². The fourth-order valence-corrected chi connectivity index (χ4v) is 0.208. The van der Waals surface area contributed by atoms with Crippen LogP contribution in [0.4, 0.5) is 0 Å². The molecule has 0 bridgehead atoms. The minimum Gasteiger partial charge on any atom is -0.305 e. The van der Waals surface area contributed by atoms with Crippen molar-refractivity contribution in [3.05, 3.63) is 10.3 Å². The highest BCUT2D eigenvalue weighted by atomic mass is 127. The van der Waals surface area contributed by atoms with E-state index in [0.717, 1.165) is 0 Å². The first-order chi connectivity index (χ1) is 2.91. The summed E-state index contributed by atoms with van der Waals surface area (Å²) in [5.41, 5.74) is 0. The summed E-state index contributed by atoms with van der Waals surface area (Å²) in [6.07, 6.45) is 1.50. The summed E-state index contributed by atoms with van der Waals surface area (Å²) in [5.74, 6) is 4.62. The van der Waals surface area contributed by atoms with Gasteiger partial charge in [0, 0.05) is 0 Å². The number of hydrogen-bond acceptors (Lipinski definition) is 2. The van der Waals surface area contributed by atoms with Gasteiger partial charge in [-0.05, 0) is 4.08 Å². The van der Waals surface area contributed by atoms with Gasteiger partial charge in [0.25, 0.3) is 0 Å². The molecule has 0 fully saturated rings. The van der Waals surface area contributed by atoms with Crippen LogP contribution in [0.15, 0.2) is 20.6 Å². The molecule has 34 valence electrons. The van der Waals surface area contributed by atoms with Crippen molar-refractivity contribution in [1.82, 2.24) is 0 Å². The summed E-state index contributed by atoms with van der Waals surface area (Å²) in [4.78, 5) is 0. The maximum Gasteiger partial charge on any atom is 0.0573 e. The highest BCUT2D eigenvalue weighted by molar-refractivity contribution is 14.1. The maximum atomic E-state index is 4.62. The Morgan fingerprint density at radius 3 is 2.50 bits per heavy atom. The summed E-state index contributed by atoms with van der Waals surface area (Å²) in [7, 11) is 0. The Balaban J connectivity index is 3.07. The lowest BCUT2D eigenvalue weighted by Gasteiger charge is -1.62. The normalized spacial score (nSPS) is 11.5. The molecule has 0 radical (unpaired) electrons. The van der Waals surface area contributed by atoms with Gasteiger partial charge in [0.1, 0.15) is 0 Å². The molecule has 0 atom stereocenters. The van der Waals surface area contributed by atoms with Gasteiger partial charge in [-0.2, -0.15) is 0 Å². The molecule has 0 spiro atoms. The van der Waals surface area contributed by atoms with Gasteiger partial charge in [0.05, 0.1) is 6.20 Å². The van der Waals surface area contributed by atoms with Gasteiger partial charge in [0.2, 0.25) is 0 Å². The molecule has 2 N–H and O–H groups in total. The molecule has 0 aromatic heterocycles. The third kappa shape index (κ3) is 3.87. The fraction of sp³-hybridized carbons (Fsp3) is 0. The number of hydrogen-bond donors (Lipinski definition) is 1. The zero-order chi connectivity index (χ0) is 4.83. The zero-order valence-electron chi connectivity index (χ0n) is 3.00. The van der Waals surface area contributed by atoms with Gasteiger partial charge in [-0.15, -0.1) is 5.11 Å². The third-order valence-corrected chi connectivity index (χ3v) is 0.511. The highest BCUT2D eigenvalue weighted by Gasteiger charge is 1.51. The first-order valence-electron chi connectivity index (χ1n) is 1.27. The first-order valence-corrected chi connectivity index (χ1v) is 2.51. The van der Waals surface area contributed by atoms with Gasteiger partial charge < -0.3 is 5.84 Å². The summed E-state index contributed by atoms with van der Waals surface area (Å²) < 4.78 is 1.72. The van der Waals surface area contributed by atoms with Crippen molar-refractivity contribution in [2.75, 3.05) is 0 Å². The van der Waals surface area contributed by atoms with E-state index in [2.05, 4.69) is 16.2 Å². The fourth-order valence-electron chi connectivity index (χ4n) is 0.0637. The SMILES string of the molecule is N/N=N\C=C/I. The molecule has 0 amide bonds. The second-order valence-corrected chi connectivity index (χ2v) is 1.23. The predicted octanol–water partition coefficient (Wildman–Crippen LogP) is 1.22. The van der Waals surface area contributed by atoms with E-state index in [1.54, 1.807) is 4.08 Å². The average molecular weight is 197 g/mol. The lowest BCUT2D eigenvalue weighted by atomic mass is 11.1. The molecule has 0 aliphatic rings. The van der Waals surface area contributed by atoms with Crippen LogP contribution in [0, 0.1) is 0 Å². The monoisotopic (exact) mass is 197 g/mol. The molecule has 0 unspecified atom stereocenters. The van der Waals surface area contributed by atoms with Crippen LogP contribution in [-0.4, -0.2) is 0 Å². The van der Waals surface area contributed by atoms with Crippen LogP contribution in [0.2, 0.25) is 0 Å².